The highest BCUT2D eigenvalue weighted by molar-refractivity contribution is 4.76. The molecule has 2 saturated heterocycles. The number of likely N-dealkylation sites (tertiary alicyclic amines) is 1. The van der Waals surface area contributed by atoms with E-state index in [1.54, 1.807) is 0 Å². The molecule has 2 fully saturated rings. The Morgan fingerprint density at radius 2 is 2.00 bits per heavy atom. The summed E-state index contributed by atoms with van der Waals surface area (Å²) in [4.78, 5) is 2.54. The van der Waals surface area contributed by atoms with Gasteiger partial charge in [0.1, 0.15) is 0 Å². The number of nitrogens with zero attached hydrogens (tertiary/aromatic N) is 1. The third-order valence-electron chi connectivity index (χ3n) is 4.04. The highest BCUT2D eigenvalue weighted by Crippen LogP contribution is 2.25. The van der Waals surface area contributed by atoms with Crippen LogP contribution in [-0.2, 0) is 0 Å². The van der Waals surface area contributed by atoms with E-state index in [1.165, 1.54) is 64.7 Å². The van der Waals surface area contributed by atoms with Gasteiger partial charge in [-0.1, -0.05) is 6.42 Å². The summed E-state index contributed by atoms with van der Waals surface area (Å²) >= 11 is 0. The van der Waals surface area contributed by atoms with Gasteiger partial charge in [0, 0.05) is 6.54 Å². The molecule has 0 aliphatic carbocycles. The average molecular weight is 210 g/mol. The van der Waals surface area contributed by atoms with E-state index in [2.05, 4.69) is 17.3 Å². The quantitative estimate of drug-likeness (QED) is 0.751. The number of hydrogen-bond donors (Lipinski definition) is 1. The number of piperidine rings is 1. The number of rotatable bonds is 2. The second-order valence-corrected chi connectivity index (χ2v) is 5.57. The van der Waals surface area contributed by atoms with Crippen LogP contribution in [0, 0.1) is 11.8 Å². The van der Waals surface area contributed by atoms with Crippen molar-refractivity contribution in [2.45, 2.75) is 38.5 Å². The minimum atomic E-state index is 0.968. The molecule has 2 heterocycles. The Balaban J connectivity index is 1.76. The fraction of sp³-hybridized carbons (Fsp3) is 1.00. The number of hydrogen-bond acceptors (Lipinski definition) is 2. The third kappa shape index (κ3) is 3.76. The molecule has 15 heavy (non-hydrogen) atoms. The van der Waals surface area contributed by atoms with Gasteiger partial charge in [0.15, 0.2) is 0 Å². The highest BCUT2D eigenvalue weighted by atomic mass is 15.1. The SMILES string of the molecule is CN1CCCCC(CC2CCCNC2)C1. The minimum absolute atomic E-state index is 0.968. The first-order valence-corrected chi connectivity index (χ1v) is 6.74. The molecular weight excluding hydrogens is 184 g/mol. The topological polar surface area (TPSA) is 15.3 Å². The predicted molar refractivity (Wildman–Crippen MR) is 65.0 cm³/mol. The Kier molecular flexibility index (Phi) is 4.45. The smallest absolute Gasteiger partial charge is 0.000672 e. The molecule has 0 saturated carbocycles. The first kappa shape index (κ1) is 11.4. The normalized spacial score (nSPS) is 35.0. The lowest BCUT2D eigenvalue weighted by Gasteiger charge is -2.28. The van der Waals surface area contributed by atoms with Gasteiger partial charge in [-0.3, -0.25) is 0 Å². The third-order valence-corrected chi connectivity index (χ3v) is 4.04. The fourth-order valence-electron chi connectivity index (χ4n) is 3.23. The van der Waals surface area contributed by atoms with Crippen LogP contribution in [0.1, 0.15) is 38.5 Å². The molecule has 2 unspecified atom stereocenters. The summed E-state index contributed by atoms with van der Waals surface area (Å²) in [6, 6.07) is 0. The first-order chi connectivity index (χ1) is 7.34. The molecule has 1 N–H and O–H groups in total. The van der Waals surface area contributed by atoms with Crippen LogP contribution in [0.3, 0.4) is 0 Å². The Labute approximate surface area is 94.4 Å². The molecular formula is C13H26N2. The summed E-state index contributed by atoms with van der Waals surface area (Å²) in [6.07, 6.45) is 8.67. The van der Waals surface area contributed by atoms with Gasteiger partial charge in [-0.05, 0) is 70.6 Å². The molecule has 2 atom stereocenters. The summed E-state index contributed by atoms with van der Waals surface area (Å²) < 4.78 is 0. The summed E-state index contributed by atoms with van der Waals surface area (Å²) in [5.41, 5.74) is 0. The molecule has 2 aliphatic rings. The van der Waals surface area contributed by atoms with Gasteiger partial charge >= 0.3 is 0 Å². The van der Waals surface area contributed by atoms with E-state index in [4.69, 9.17) is 0 Å². The molecule has 2 nitrogen and oxygen atoms in total. The van der Waals surface area contributed by atoms with Crippen molar-refractivity contribution in [3.05, 3.63) is 0 Å². The molecule has 0 aromatic rings. The standard InChI is InChI=1S/C13H26N2/c1-15-8-3-2-5-13(11-15)9-12-6-4-7-14-10-12/h12-14H,2-11H2,1H3. The minimum Gasteiger partial charge on any atom is -0.316 e. The van der Waals surface area contributed by atoms with Crippen molar-refractivity contribution in [1.29, 1.82) is 0 Å². The van der Waals surface area contributed by atoms with Crippen LogP contribution in [0.25, 0.3) is 0 Å². The summed E-state index contributed by atoms with van der Waals surface area (Å²) in [7, 11) is 2.29. The lowest BCUT2D eigenvalue weighted by Crippen LogP contribution is -2.32. The van der Waals surface area contributed by atoms with Crippen LogP contribution >= 0.6 is 0 Å². The zero-order valence-corrected chi connectivity index (χ0v) is 10.2. The zero-order chi connectivity index (χ0) is 10.5. The molecule has 88 valence electrons. The van der Waals surface area contributed by atoms with Crippen LogP contribution in [0.4, 0.5) is 0 Å². The fourth-order valence-corrected chi connectivity index (χ4v) is 3.23. The lowest BCUT2D eigenvalue weighted by atomic mass is 9.87. The Hall–Kier alpha value is -0.0800. The van der Waals surface area contributed by atoms with Gasteiger partial charge in [0.2, 0.25) is 0 Å². The van der Waals surface area contributed by atoms with E-state index in [0.29, 0.717) is 0 Å². The van der Waals surface area contributed by atoms with Crippen LogP contribution in [-0.4, -0.2) is 38.1 Å². The van der Waals surface area contributed by atoms with Crippen LogP contribution in [0.2, 0.25) is 0 Å². The van der Waals surface area contributed by atoms with Crippen molar-refractivity contribution in [2.24, 2.45) is 11.8 Å². The van der Waals surface area contributed by atoms with Gasteiger partial charge in [-0.2, -0.15) is 0 Å². The van der Waals surface area contributed by atoms with Crippen molar-refractivity contribution in [3.63, 3.8) is 0 Å². The van der Waals surface area contributed by atoms with Gasteiger partial charge in [-0.15, -0.1) is 0 Å². The second-order valence-electron chi connectivity index (χ2n) is 5.57. The Morgan fingerprint density at radius 3 is 2.80 bits per heavy atom. The number of nitrogens with one attached hydrogen (secondary N) is 1. The van der Waals surface area contributed by atoms with Gasteiger partial charge < -0.3 is 10.2 Å². The molecule has 2 aliphatic heterocycles. The maximum absolute atomic E-state index is 3.54. The highest BCUT2D eigenvalue weighted by Gasteiger charge is 2.21. The van der Waals surface area contributed by atoms with Gasteiger partial charge in [0.25, 0.3) is 0 Å². The Bertz CT molecular complexity index is 175. The van der Waals surface area contributed by atoms with Crippen molar-refractivity contribution in [3.8, 4) is 0 Å². The zero-order valence-electron chi connectivity index (χ0n) is 10.2. The maximum Gasteiger partial charge on any atom is 0.000672 e. The molecule has 2 heteroatoms. The second kappa shape index (κ2) is 5.86. The molecule has 0 amide bonds. The summed E-state index contributed by atoms with van der Waals surface area (Å²) in [5, 5.41) is 3.54. The largest absolute Gasteiger partial charge is 0.316 e. The van der Waals surface area contributed by atoms with E-state index in [0.717, 1.165) is 11.8 Å². The average Bonchev–Trinajstić information content (AvgIpc) is 2.44. The molecule has 0 aromatic heterocycles. The van der Waals surface area contributed by atoms with Crippen molar-refractivity contribution in [2.75, 3.05) is 33.2 Å². The molecule has 0 bridgehead atoms. The van der Waals surface area contributed by atoms with Gasteiger partial charge in [0.05, 0.1) is 0 Å². The molecule has 0 aromatic carbocycles. The predicted octanol–water partition coefficient (Wildman–Crippen LogP) is 2.11. The van der Waals surface area contributed by atoms with Crippen LogP contribution in [0.5, 0.6) is 0 Å². The molecule has 0 radical (unpaired) electrons. The first-order valence-electron chi connectivity index (χ1n) is 6.74. The summed E-state index contributed by atoms with van der Waals surface area (Å²) in [6.45, 7) is 5.19. The van der Waals surface area contributed by atoms with Crippen molar-refractivity contribution < 1.29 is 0 Å². The van der Waals surface area contributed by atoms with Crippen LogP contribution in [0.15, 0.2) is 0 Å². The van der Waals surface area contributed by atoms with E-state index >= 15 is 0 Å². The van der Waals surface area contributed by atoms with E-state index in [-0.39, 0.29) is 0 Å². The van der Waals surface area contributed by atoms with Gasteiger partial charge in [-0.25, -0.2) is 0 Å². The monoisotopic (exact) mass is 210 g/mol. The van der Waals surface area contributed by atoms with Crippen molar-refractivity contribution >= 4 is 0 Å². The summed E-state index contributed by atoms with van der Waals surface area (Å²) in [5.74, 6) is 1.94. The maximum atomic E-state index is 3.54. The molecule has 2 rings (SSSR count). The van der Waals surface area contributed by atoms with E-state index in [1.807, 2.05) is 0 Å². The van der Waals surface area contributed by atoms with E-state index in [9.17, 15) is 0 Å². The van der Waals surface area contributed by atoms with Crippen LogP contribution < -0.4 is 5.32 Å². The Morgan fingerprint density at radius 1 is 1.13 bits per heavy atom. The van der Waals surface area contributed by atoms with Crippen molar-refractivity contribution in [1.82, 2.24) is 10.2 Å². The molecule has 0 spiro atoms. The van der Waals surface area contributed by atoms with E-state index < -0.39 is 0 Å². The lowest BCUT2D eigenvalue weighted by molar-refractivity contribution is 0.242.